The van der Waals surface area contributed by atoms with Gasteiger partial charge in [-0.2, -0.15) is 0 Å². The highest BCUT2D eigenvalue weighted by Gasteiger charge is 2.34. The fourth-order valence-corrected chi connectivity index (χ4v) is 1.01. The van der Waals surface area contributed by atoms with Gasteiger partial charge in [0.05, 0.1) is 12.0 Å². The minimum Gasteiger partial charge on any atom is -0.492 e. The Morgan fingerprint density at radius 3 is 2.31 bits per heavy atom. The standard InChI is InChI=1S/C10H15NO5/c1-3-10(2,6-12)9(15)16-11-7(13)4-5-8(11)14/h4-5,12-14H,3,6H2,1-2H3. The van der Waals surface area contributed by atoms with Crippen molar-refractivity contribution in [3.8, 4) is 11.8 Å². The van der Waals surface area contributed by atoms with Gasteiger partial charge < -0.3 is 20.2 Å². The Morgan fingerprint density at radius 2 is 1.94 bits per heavy atom. The molecule has 90 valence electrons. The van der Waals surface area contributed by atoms with Gasteiger partial charge in [-0.15, -0.1) is 4.73 Å². The average Bonchev–Trinajstić information content (AvgIpc) is 2.59. The fraction of sp³-hybridized carbons (Fsp3) is 0.500. The smallest absolute Gasteiger partial charge is 0.341 e. The SMILES string of the molecule is CCC(C)(CO)C(=O)On1c(O)ccc1O. The van der Waals surface area contributed by atoms with Gasteiger partial charge in [-0.05, 0) is 13.3 Å². The molecule has 1 aromatic rings. The zero-order valence-corrected chi connectivity index (χ0v) is 9.17. The highest BCUT2D eigenvalue weighted by molar-refractivity contribution is 5.76. The maximum atomic E-state index is 11.7. The number of aromatic hydroxyl groups is 2. The maximum Gasteiger partial charge on any atom is 0.341 e. The van der Waals surface area contributed by atoms with Crippen molar-refractivity contribution in [1.29, 1.82) is 0 Å². The number of carbonyl (C=O) groups is 1. The third-order valence-corrected chi connectivity index (χ3v) is 2.59. The second-order valence-electron chi connectivity index (χ2n) is 3.80. The first-order valence-corrected chi connectivity index (χ1v) is 4.88. The average molecular weight is 229 g/mol. The quantitative estimate of drug-likeness (QED) is 0.689. The van der Waals surface area contributed by atoms with Gasteiger partial charge in [0, 0.05) is 12.1 Å². The van der Waals surface area contributed by atoms with Crippen LogP contribution in [-0.2, 0) is 4.79 Å². The minimum atomic E-state index is -1.05. The van der Waals surface area contributed by atoms with E-state index >= 15 is 0 Å². The van der Waals surface area contributed by atoms with E-state index in [-0.39, 0.29) is 18.4 Å². The lowest BCUT2D eigenvalue weighted by Crippen LogP contribution is -2.38. The number of hydrogen-bond acceptors (Lipinski definition) is 5. The predicted molar refractivity (Wildman–Crippen MR) is 54.8 cm³/mol. The van der Waals surface area contributed by atoms with Crippen molar-refractivity contribution in [3.63, 3.8) is 0 Å². The Kier molecular flexibility index (Phi) is 3.44. The number of rotatable bonds is 4. The van der Waals surface area contributed by atoms with Gasteiger partial charge in [0.15, 0.2) is 0 Å². The molecule has 1 rings (SSSR count). The molecule has 0 amide bonds. The van der Waals surface area contributed by atoms with Crippen LogP contribution in [0.5, 0.6) is 11.8 Å². The third kappa shape index (κ3) is 2.11. The van der Waals surface area contributed by atoms with Crippen molar-refractivity contribution in [2.24, 2.45) is 5.41 Å². The van der Waals surface area contributed by atoms with Crippen LogP contribution in [0, 0.1) is 5.41 Å². The van der Waals surface area contributed by atoms with Crippen LogP contribution in [0.25, 0.3) is 0 Å². The van der Waals surface area contributed by atoms with Gasteiger partial charge in [-0.3, -0.25) is 0 Å². The van der Waals surface area contributed by atoms with E-state index in [2.05, 4.69) is 0 Å². The van der Waals surface area contributed by atoms with Gasteiger partial charge in [0.25, 0.3) is 0 Å². The molecule has 6 nitrogen and oxygen atoms in total. The van der Waals surface area contributed by atoms with Crippen molar-refractivity contribution in [3.05, 3.63) is 12.1 Å². The Bertz CT molecular complexity index is 361. The maximum absolute atomic E-state index is 11.7. The summed E-state index contributed by atoms with van der Waals surface area (Å²) in [5, 5.41) is 27.6. The van der Waals surface area contributed by atoms with Gasteiger partial charge >= 0.3 is 5.97 Å². The summed E-state index contributed by atoms with van der Waals surface area (Å²) in [5.74, 6) is -1.50. The molecule has 0 bridgehead atoms. The molecule has 16 heavy (non-hydrogen) atoms. The van der Waals surface area contributed by atoms with Crippen LogP contribution in [0.1, 0.15) is 20.3 Å². The van der Waals surface area contributed by atoms with Gasteiger partial charge in [-0.25, -0.2) is 4.79 Å². The van der Waals surface area contributed by atoms with E-state index in [1.165, 1.54) is 19.1 Å². The van der Waals surface area contributed by atoms with E-state index in [9.17, 15) is 15.0 Å². The van der Waals surface area contributed by atoms with Crippen LogP contribution in [-0.4, -0.2) is 32.6 Å². The predicted octanol–water partition coefficient (Wildman–Crippen LogP) is 0.263. The number of carbonyl (C=O) groups excluding carboxylic acids is 1. The Labute approximate surface area is 92.7 Å². The van der Waals surface area contributed by atoms with E-state index in [0.717, 1.165) is 0 Å². The molecule has 0 spiro atoms. The molecule has 0 saturated carbocycles. The van der Waals surface area contributed by atoms with Crippen LogP contribution in [0.4, 0.5) is 0 Å². The van der Waals surface area contributed by atoms with Crippen LogP contribution in [0.15, 0.2) is 12.1 Å². The van der Waals surface area contributed by atoms with Crippen LogP contribution in [0.2, 0.25) is 0 Å². The number of aliphatic hydroxyl groups is 1. The lowest BCUT2D eigenvalue weighted by molar-refractivity contribution is -0.159. The third-order valence-electron chi connectivity index (χ3n) is 2.59. The summed E-state index contributed by atoms with van der Waals surface area (Å²) in [6, 6.07) is 2.37. The summed E-state index contributed by atoms with van der Waals surface area (Å²) in [6.07, 6.45) is 0.380. The topological polar surface area (TPSA) is 91.9 Å². The monoisotopic (exact) mass is 229 g/mol. The molecule has 1 unspecified atom stereocenters. The molecule has 0 saturated heterocycles. The zero-order chi connectivity index (χ0) is 12.3. The zero-order valence-electron chi connectivity index (χ0n) is 9.17. The molecular weight excluding hydrogens is 214 g/mol. The largest absolute Gasteiger partial charge is 0.492 e. The number of aliphatic hydroxyl groups excluding tert-OH is 1. The number of aromatic nitrogens is 1. The lowest BCUT2D eigenvalue weighted by Gasteiger charge is -2.22. The number of nitrogens with zero attached hydrogens (tertiary/aromatic N) is 1. The first kappa shape index (κ1) is 12.4. The molecule has 1 aromatic heterocycles. The Morgan fingerprint density at radius 1 is 1.44 bits per heavy atom. The van der Waals surface area contributed by atoms with E-state index in [1.807, 2.05) is 0 Å². The van der Waals surface area contributed by atoms with E-state index in [4.69, 9.17) is 9.94 Å². The molecule has 0 aromatic carbocycles. The Hall–Kier alpha value is -1.69. The highest BCUT2D eigenvalue weighted by Crippen LogP contribution is 2.24. The minimum absolute atomic E-state index is 0.370. The molecule has 1 atom stereocenters. The summed E-state index contributed by atoms with van der Waals surface area (Å²) >= 11 is 0. The fourth-order valence-electron chi connectivity index (χ4n) is 1.01. The summed E-state index contributed by atoms with van der Waals surface area (Å²) in [5.41, 5.74) is -1.05. The summed E-state index contributed by atoms with van der Waals surface area (Å²) in [4.78, 5) is 16.5. The van der Waals surface area contributed by atoms with Crippen LogP contribution < -0.4 is 4.84 Å². The molecule has 0 aliphatic rings. The summed E-state index contributed by atoms with van der Waals surface area (Å²) < 4.78 is 0.603. The molecular formula is C10H15NO5. The van der Waals surface area contributed by atoms with Crippen molar-refractivity contribution in [2.75, 3.05) is 6.61 Å². The number of hydrogen-bond donors (Lipinski definition) is 3. The molecule has 1 heterocycles. The van der Waals surface area contributed by atoms with E-state index in [0.29, 0.717) is 11.2 Å². The summed E-state index contributed by atoms with van der Waals surface area (Å²) in [6.45, 7) is 2.89. The van der Waals surface area contributed by atoms with E-state index < -0.39 is 11.4 Å². The molecule has 3 N–H and O–H groups in total. The van der Waals surface area contributed by atoms with E-state index in [1.54, 1.807) is 6.92 Å². The highest BCUT2D eigenvalue weighted by atomic mass is 16.7. The molecule has 0 radical (unpaired) electrons. The normalized spacial score (nSPS) is 14.4. The van der Waals surface area contributed by atoms with Crippen molar-refractivity contribution >= 4 is 5.97 Å². The molecule has 0 aliphatic carbocycles. The molecule has 0 aliphatic heterocycles. The van der Waals surface area contributed by atoms with Gasteiger partial charge in [-0.1, -0.05) is 6.92 Å². The first-order valence-electron chi connectivity index (χ1n) is 4.88. The van der Waals surface area contributed by atoms with Crippen molar-refractivity contribution < 1.29 is 25.0 Å². The second kappa shape index (κ2) is 4.44. The Balaban J connectivity index is 2.86. The van der Waals surface area contributed by atoms with Gasteiger partial charge in [0.1, 0.15) is 0 Å². The lowest BCUT2D eigenvalue weighted by atomic mass is 9.89. The first-order chi connectivity index (χ1) is 7.44. The van der Waals surface area contributed by atoms with Gasteiger partial charge in [0.2, 0.25) is 11.8 Å². The van der Waals surface area contributed by atoms with Crippen LogP contribution >= 0.6 is 0 Å². The molecule has 0 fully saturated rings. The van der Waals surface area contributed by atoms with Crippen LogP contribution in [0.3, 0.4) is 0 Å². The molecule has 6 heteroatoms. The second-order valence-corrected chi connectivity index (χ2v) is 3.80. The van der Waals surface area contributed by atoms with Crippen molar-refractivity contribution in [2.45, 2.75) is 20.3 Å². The summed E-state index contributed by atoms with van der Waals surface area (Å²) in [7, 11) is 0. The van der Waals surface area contributed by atoms with Crippen molar-refractivity contribution in [1.82, 2.24) is 4.73 Å².